The number of carbonyl (C=O) groups excluding carboxylic acids is 1. The molecule has 0 aliphatic rings. The lowest BCUT2D eigenvalue weighted by atomic mass is 10.2. The molecule has 7 heteroatoms. The van der Waals surface area contributed by atoms with Crippen molar-refractivity contribution in [3.05, 3.63) is 72.3 Å². The van der Waals surface area contributed by atoms with E-state index in [0.29, 0.717) is 17.0 Å². The molecule has 4 rings (SSSR count). The molecule has 4 aromatic rings. The van der Waals surface area contributed by atoms with Crippen LogP contribution in [0, 0.1) is 6.92 Å². The van der Waals surface area contributed by atoms with Crippen molar-refractivity contribution in [2.45, 2.75) is 6.92 Å². The van der Waals surface area contributed by atoms with Gasteiger partial charge in [-0.15, -0.1) is 0 Å². The first-order valence-electron chi connectivity index (χ1n) is 7.43. The Hall–Kier alpha value is -3.48. The number of hydrogen-bond acceptors (Lipinski definition) is 4. The number of benzene rings is 1. The van der Waals surface area contributed by atoms with Gasteiger partial charge < -0.3 is 5.32 Å². The van der Waals surface area contributed by atoms with Gasteiger partial charge in [0.2, 0.25) is 0 Å². The highest BCUT2D eigenvalue weighted by Crippen LogP contribution is 2.17. The fraction of sp³-hybridized carbons (Fsp3) is 0.0588. The third-order valence-corrected chi connectivity index (χ3v) is 3.65. The quantitative estimate of drug-likeness (QED) is 0.629. The van der Waals surface area contributed by atoms with Crippen LogP contribution in [0.1, 0.15) is 15.9 Å². The molecular weight excluding hydrogens is 304 g/mol. The fourth-order valence-corrected chi connectivity index (χ4v) is 2.53. The van der Waals surface area contributed by atoms with Crippen LogP contribution in [0.5, 0.6) is 0 Å². The summed E-state index contributed by atoms with van der Waals surface area (Å²) in [7, 11) is 0. The van der Waals surface area contributed by atoms with E-state index in [9.17, 15) is 4.79 Å². The van der Waals surface area contributed by atoms with Gasteiger partial charge in [-0.25, -0.2) is 14.2 Å². The lowest BCUT2D eigenvalue weighted by Gasteiger charge is -2.09. The second-order valence-corrected chi connectivity index (χ2v) is 5.37. The van der Waals surface area contributed by atoms with Crippen LogP contribution in [0.3, 0.4) is 0 Å². The summed E-state index contributed by atoms with van der Waals surface area (Å²) >= 11 is 0. The van der Waals surface area contributed by atoms with E-state index in [2.05, 4.69) is 20.5 Å². The van der Waals surface area contributed by atoms with E-state index in [-0.39, 0.29) is 5.91 Å². The van der Waals surface area contributed by atoms with Crippen LogP contribution in [-0.4, -0.2) is 30.3 Å². The minimum Gasteiger partial charge on any atom is -0.306 e. The largest absolute Gasteiger partial charge is 0.306 e. The monoisotopic (exact) mass is 318 g/mol. The molecule has 0 saturated heterocycles. The van der Waals surface area contributed by atoms with E-state index < -0.39 is 0 Å². The van der Waals surface area contributed by atoms with Crippen molar-refractivity contribution in [3.63, 3.8) is 0 Å². The van der Waals surface area contributed by atoms with Crippen molar-refractivity contribution in [1.82, 2.24) is 24.4 Å². The van der Waals surface area contributed by atoms with Gasteiger partial charge in [0, 0.05) is 18.5 Å². The maximum atomic E-state index is 12.6. The standard InChI is InChI=1S/C17H14N6O/c1-12-4-2-5-13(10-12)23-15(6-8-19-23)21-17(24)14-11-20-22-9-3-7-18-16(14)22/h2-11H,1H3,(H,21,24). The smallest absolute Gasteiger partial charge is 0.262 e. The SMILES string of the molecule is Cc1cccc(-n2nccc2NC(=O)c2cnn3cccnc23)c1. The molecule has 0 radical (unpaired) electrons. The summed E-state index contributed by atoms with van der Waals surface area (Å²) in [6.45, 7) is 2.01. The van der Waals surface area contributed by atoms with Gasteiger partial charge in [0.1, 0.15) is 11.4 Å². The molecule has 0 aliphatic carbocycles. The maximum Gasteiger partial charge on any atom is 0.262 e. The summed E-state index contributed by atoms with van der Waals surface area (Å²) in [5, 5.41) is 11.3. The Morgan fingerprint density at radius 3 is 2.92 bits per heavy atom. The molecule has 3 aromatic heterocycles. The molecule has 24 heavy (non-hydrogen) atoms. The lowest BCUT2D eigenvalue weighted by molar-refractivity contribution is 0.102. The normalized spacial score (nSPS) is 10.9. The second kappa shape index (κ2) is 5.62. The Labute approximate surface area is 137 Å². The molecule has 118 valence electrons. The van der Waals surface area contributed by atoms with Gasteiger partial charge >= 0.3 is 0 Å². The van der Waals surface area contributed by atoms with Crippen molar-refractivity contribution in [3.8, 4) is 5.69 Å². The average molecular weight is 318 g/mol. The number of aryl methyl sites for hydroxylation is 1. The number of carbonyl (C=O) groups is 1. The Bertz CT molecular complexity index is 1030. The average Bonchev–Trinajstić information content (AvgIpc) is 3.21. The van der Waals surface area contributed by atoms with Gasteiger partial charge in [-0.05, 0) is 30.7 Å². The van der Waals surface area contributed by atoms with Gasteiger partial charge in [0.15, 0.2) is 5.65 Å². The van der Waals surface area contributed by atoms with Crippen LogP contribution in [-0.2, 0) is 0 Å². The highest BCUT2D eigenvalue weighted by Gasteiger charge is 2.16. The van der Waals surface area contributed by atoms with Crippen LogP contribution in [0.2, 0.25) is 0 Å². The highest BCUT2D eigenvalue weighted by molar-refractivity contribution is 6.07. The van der Waals surface area contributed by atoms with E-state index in [1.54, 1.807) is 39.9 Å². The van der Waals surface area contributed by atoms with Crippen LogP contribution >= 0.6 is 0 Å². The van der Waals surface area contributed by atoms with E-state index in [4.69, 9.17) is 0 Å². The molecule has 0 aliphatic heterocycles. The number of aromatic nitrogens is 5. The zero-order valence-corrected chi connectivity index (χ0v) is 12.9. The molecule has 7 nitrogen and oxygen atoms in total. The topological polar surface area (TPSA) is 77.1 Å². The molecule has 0 bridgehead atoms. The van der Waals surface area contributed by atoms with Gasteiger partial charge in [0.25, 0.3) is 5.91 Å². The number of nitrogens with zero attached hydrogens (tertiary/aromatic N) is 5. The van der Waals surface area contributed by atoms with Gasteiger partial charge in [-0.1, -0.05) is 12.1 Å². The molecule has 0 spiro atoms. The Balaban J connectivity index is 1.67. The summed E-state index contributed by atoms with van der Waals surface area (Å²) < 4.78 is 3.25. The number of rotatable bonds is 3. The number of fused-ring (bicyclic) bond motifs is 1. The maximum absolute atomic E-state index is 12.6. The molecule has 1 aromatic carbocycles. The van der Waals surface area contributed by atoms with Crippen molar-refractivity contribution < 1.29 is 4.79 Å². The molecule has 0 saturated carbocycles. The Kier molecular flexibility index (Phi) is 3.31. The van der Waals surface area contributed by atoms with Crippen molar-refractivity contribution >= 4 is 17.4 Å². The zero-order valence-electron chi connectivity index (χ0n) is 12.9. The second-order valence-electron chi connectivity index (χ2n) is 5.37. The summed E-state index contributed by atoms with van der Waals surface area (Å²) in [5.74, 6) is 0.305. The Morgan fingerprint density at radius 1 is 1.12 bits per heavy atom. The highest BCUT2D eigenvalue weighted by atomic mass is 16.1. The predicted octanol–water partition coefficient (Wildman–Crippen LogP) is 2.48. The van der Waals surface area contributed by atoms with Gasteiger partial charge in [0.05, 0.1) is 18.1 Å². The molecule has 3 heterocycles. The fourth-order valence-electron chi connectivity index (χ4n) is 2.53. The first kappa shape index (κ1) is 14.1. The molecule has 0 fully saturated rings. The zero-order chi connectivity index (χ0) is 16.5. The molecule has 0 unspecified atom stereocenters. The predicted molar refractivity (Wildman–Crippen MR) is 89.2 cm³/mol. The minimum absolute atomic E-state index is 0.280. The van der Waals surface area contributed by atoms with Crippen molar-refractivity contribution in [2.75, 3.05) is 5.32 Å². The Morgan fingerprint density at radius 2 is 2.04 bits per heavy atom. The van der Waals surface area contributed by atoms with E-state index in [0.717, 1.165) is 11.3 Å². The first-order chi connectivity index (χ1) is 11.7. The third kappa shape index (κ3) is 2.41. The van der Waals surface area contributed by atoms with Gasteiger partial charge in [-0.2, -0.15) is 10.2 Å². The van der Waals surface area contributed by atoms with Crippen molar-refractivity contribution in [2.24, 2.45) is 0 Å². The van der Waals surface area contributed by atoms with E-state index in [1.807, 2.05) is 31.2 Å². The minimum atomic E-state index is -0.280. The van der Waals surface area contributed by atoms with Crippen LogP contribution in [0.15, 0.2) is 61.2 Å². The number of anilines is 1. The lowest BCUT2D eigenvalue weighted by Crippen LogP contribution is -2.15. The number of amides is 1. The third-order valence-electron chi connectivity index (χ3n) is 3.65. The van der Waals surface area contributed by atoms with Gasteiger partial charge in [-0.3, -0.25) is 4.79 Å². The summed E-state index contributed by atoms with van der Waals surface area (Å²) in [4.78, 5) is 16.8. The summed E-state index contributed by atoms with van der Waals surface area (Å²) in [6.07, 6.45) is 6.53. The van der Waals surface area contributed by atoms with Crippen LogP contribution < -0.4 is 5.32 Å². The summed E-state index contributed by atoms with van der Waals surface area (Å²) in [6, 6.07) is 11.4. The molecule has 1 N–H and O–H groups in total. The number of nitrogens with one attached hydrogen (secondary N) is 1. The number of hydrogen-bond donors (Lipinski definition) is 1. The van der Waals surface area contributed by atoms with Crippen LogP contribution in [0.25, 0.3) is 11.3 Å². The molecule has 0 atom stereocenters. The van der Waals surface area contributed by atoms with Crippen molar-refractivity contribution in [1.29, 1.82) is 0 Å². The summed E-state index contributed by atoms with van der Waals surface area (Å²) in [5.41, 5.74) is 2.92. The van der Waals surface area contributed by atoms with E-state index >= 15 is 0 Å². The molecule has 1 amide bonds. The molecular formula is C17H14N6O. The van der Waals surface area contributed by atoms with Crippen LogP contribution in [0.4, 0.5) is 5.82 Å². The first-order valence-corrected chi connectivity index (χ1v) is 7.43. The van der Waals surface area contributed by atoms with E-state index in [1.165, 1.54) is 6.20 Å².